The van der Waals surface area contributed by atoms with Gasteiger partial charge in [0.15, 0.2) is 16.7 Å². The van der Waals surface area contributed by atoms with Crippen LogP contribution in [-0.4, -0.2) is 33.6 Å². The summed E-state index contributed by atoms with van der Waals surface area (Å²) in [5.41, 5.74) is 3.27. The minimum Gasteiger partial charge on any atom is -0.493 e. The summed E-state index contributed by atoms with van der Waals surface area (Å²) in [6.07, 6.45) is 0. The van der Waals surface area contributed by atoms with Gasteiger partial charge in [0.05, 0.1) is 18.6 Å². The van der Waals surface area contributed by atoms with Gasteiger partial charge in [-0.2, -0.15) is 0 Å². The second-order valence-corrected chi connectivity index (χ2v) is 7.01. The number of aryl methyl sites for hydroxylation is 3. The van der Waals surface area contributed by atoms with Crippen LogP contribution in [0.25, 0.3) is 5.69 Å². The highest BCUT2D eigenvalue weighted by Crippen LogP contribution is 2.28. The van der Waals surface area contributed by atoms with Crippen LogP contribution in [0.1, 0.15) is 17.0 Å². The molecular weight excluding hydrogens is 362 g/mol. The van der Waals surface area contributed by atoms with E-state index in [0.29, 0.717) is 16.7 Å². The number of para-hydroxylation sites is 2. The highest BCUT2D eigenvalue weighted by atomic mass is 32.2. The summed E-state index contributed by atoms with van der Waals surface area (Å²) in [6.45, 7) is 5.98. The van der Waals surface area contributed by atoms with E-state index in [4.69, 9.17) is 9.47 Å². The van der Waals surface area contributed by atoms with Gasteiger partial charge in [0, 0.05) is 0 Å². The first kappa shape index (κ1) is 19.0. The molecule has 0 bridgehead atoms. The standard InChI is InChI=1S/C20H21N3O3S/c1-13-9-10-14(2)16(11-13)23-15(3)21-22-20(23)27-12-19(24)26-18-8-6-5-7-17(18)25-4/h5-11H,12H2,1-4H3. The summed E-state index contributed by atoms with van der Waals surface area (Å²) < 4.78 is 12.6. The van der Waals surface area contributed by atoms with Gasteiger partial charge < -0.3 is 9.47 Å². The molecule has 27 heavy (non-hydrogen) atoms. The van der Waals surface area contributed by atoms with Gasteiger partial charge in [-0.1, -0.05) is 36.0 Å². The minimum absolute atomic E-state index is 0.112. The molecule has 0 atom stereocenters. The predicted octanol–water partition coefficient (Wildman–Crippen LogP) is 3.90. The Balaban J connectivity index is 1.76. The zero-order chi connectivity index (χ0) is 19.4. The molecule has 0 radical (unpaired) electrons. The largest absolute Gasteiger partial charge is 0.493 e. The van der Waals surface area contributed by atoms with Crippen molar-refractivity contribution < 1.29 is 14.3 Å². The van der Waals surface area contributed by atoms with Crippen LogP contribution in [0.2, 0.25) is 0 Å². The van der Waals surface area contributed by atoms with E-state index >= 15 is 0 Å². The molecule has 140 valence electrons. The molecule has 0 fully saturated rings. The van der Waals surface area contributed by atoms with Crippen molar-refractivity contribution in [3.8, 4) is 17.2 Å². The Morgan fingerprint density at radius 3 is 2.56 bits per heavy atom. The van der Waals surface area contributed by atoms with Gasteiger partial charge in [-0.25, -0.2) is 0 Å². The lowest BCUT2D eigenvalue weighted by Gasteiger charge is -2.12. The van der Waals surface area contributed by atoms with Crippen molar-refractivity contribution in [2.75, 3.05) is 12.9 Å². The summed E-state index contributed by atoms with van der Waals surface area (Å²) in [6, 6.07) is 13.3. The van der Waals surface area contributed by atoms with Crippen LogP contribution in [0.15, 0.2) is 47.6 Å². The first-order valence-corrected chi connectivity index (χ1v) is 9.44. The summed E-state index contributed by atoms with van der Waals surface area (Å²) in [4.78, 5) is 12.3. The molecule has 0 saturated heterocycles. The average Bonchev–Trinajstić information content (AvgIpc) is 3.03. The molecule has 0 aliphatic carbocycles. The molecular formula is C20H21N3O3S. The van der Waals surface area contributed by atoms with E-state index in [-0.39, 0.29) is 11.7 Å². The molecule has 1 heterocycles. The van der Waals surface area contributed by atoms with Crippen molar-refractivity contribution in [1.82, 2.24) is 14.8 Å². The second kappa shape index (κ2) is 8.26. The van der Waals surface area contributed by atoms with E-state index in [1.807, 2.05) is 31.4 Å². The Labute approximate surface area is 162 Å². The summed E-state index contributed by atoms with van der Waals surface area (Å²) in [5.74, 6) is 1.42. The Bertz CT molecular complexity index is 969. The molecule has 0 aliphatic heterocycles. The van der Waals surface area contributed by atoms with Crippen LogP contribution < -0.4 is 9.47 Å². The maximum Gasteiger partial charge on any atom is 0.321 e. The van der Waals surface area contributed by atoms with Gasteiger partial charge in [-0.15, -0.1) is 10.2 Å². The first-order chi connectivity index (χ1) is 13.0. The number of aromatic nitrogens is 3. The second-order valence-electron chi connectivity index (χ2n) is 6.07. The lowest BCUT2D eigenvalue weighted by Crippen LogP contribution is -2.12. The topological polar surface area (TPSA) is 66.2 Å². The van der Waals surface area contributed by atoms with Gasteiger partial charge in [-0.05, 0) is 50.1 Å². The molecule has 0 aliphatic rings. The Morgan fingerprint density at radius 1 is 1.07 bits per heavy atom. The van der Waals surface area contributed by atoms with Crippen molar-refractivity contribution in [2.24, 2.45) is 0 Å². The fraction of sp³-hybridized carbons (Fsp3) is 0.250. The first-order valence-electron chi connectivity index (χ1n) is 8.45. The quantitative estimate of drug-likeness (QED) is 0.365. The maximum absolute atomic E-state index is 12.3. The molecule has 0 N–H and O–H groups in total. The molecule has 1 aromatic heterocycles. The number of rotatable bonds is 6. The number of hydrogen-bond acceptors (Lipinski definition) is 6. The number of benzene rings is 2. The molecule has 7 heteroatoms. The van der Waals surface area contributed by atoms with E-state index in [2.05, 4.69) is 28.4 Å². The van der Waals surface area contributed by atoms with E-state index in [1.165, 1.54) is 18.9 Å². The third-order valence-corrected chi connectivity index (χ3v) is 4.92. The van der Waals surface area contributed by atoms with E-state index in [9.17, 15) is 4.79 Å². The van der Waals surface area contributed by atoms with Crippen LogP contribution in [0.5, 0.6) is 11.5 Å². The van der Waals surface area contributed by atoms with E-state index in [1.54, 1.807) is 18.2 Å². The number of carbonyl (C=O) groups is 1. The number of hydrogen-bond donors (Lipinski definition) is 0. The molecule has 0 amide bonds. The van der Waals surface area contributed by atoms with Crippen LogP contribution in [0.4, 0.5) is 0 Å². The molecule has 0 unspecified atom stereocenters. The van der Waals surface area contributed by atoms with Crippen LogP contribution in [-0.2, 0) is 4.79 Å². The molecule has 0 saturated carbocycles. The number of carbonyl (C=O) groups excluding carboxylic acids is 1. The van der Waals surface area contributed by atoms with E-state index in [0.717, 1.165) is 22.6 Å². The minimum atomic E-state index is -0.377. The lowest BCUT2D eigenvalue weighted by molar-refractivity contribution is -0.131. The number of esters is 1. The maximum atomic E-state index is 12.3. The Morgan fingerprint density at radius 2 is 1.81 bits per heavy atom. The predicted molar refractivity (Wildman–Crippen MR) is 105 cm³/mol. The molecule has 3 aromatic rings. The van der Waals surface area contributed by atoms with Gasteiger partial charge in [0.2, 0.25) is 0 Å². The van der Waals surface area contributed by atoms with Crippen LogP contribution >= 0.6 is 11.8 Å². The van der Waals surface area contributed by atoms with Crippen molar-refractivity contribution in [2.45, 2.75) is 25.9 Å². The number of thioether (sulfide) groups is 1. The zero-order valence-electron chi connectivity index (χ0n) is 15.7. The average molecular weight is 383 g/mol. The number of ether oxygens (including phenoxy) is 2. The molecule has 3 rings (SSSR count). The third kappa shape index (κ3) is 4.31. The fourth-order valence-electron chi connectivity index (χ4n) is 2.65. The highest BCUT2D eigenvalue weighted by Gasteiger charge is 2.16. The van der Waals surface area contributed by atoms with Gasteiger partial charge in [0.1, 0.15) is 5.82 Å². The van der Waals surface area contributed by atoms with Gasteiger partial charge in [-0.3, -0.25) is 9.36 Å². The van der Waals surface area contributed by atoms with Gasteiger partial charge in [0.25, 0.3) is 0 Å². The van der Waals surface area contributed by atoms with Crippen LogP contribution in [0.3, 0.4) is 0 Å². The summed E-state index contributed by atoms with van der Waals surface area (Å²) >= 11 is 1.29. The van der Waals surface area contributed by atoms with Crippen molar-refractivity contribution in [1.29, 1.82) is 0 Å². The van der Waals surface area contributed by atoms with E-state index < -0.39 is 0 Å². The molecule has 0 spiro atoms. The fourth-order valence-corrected chi connectivity index (χ4v) is 3.42. The zero-order valence-corrected chi connectivity index (χ0v) is 16.5. The Kier molecular flexibility index (Phi) is 5.81. The van der Waals surface area contributed by atoms with Gasteiger partial charge >= 0.3 is 5.97 Å². The summed E-state index contributed by atoms with van der Waals surface area (Å²) in [7, 11) is 1.54. The normalized spacial score (nSPS) is 10.7. The smallest absolute Gasteiger partial charge is 0.321 e. The van der Waals surface area contributed by atoms with Crippen molar-refractivity contribution >= 4 is 17.7 Å². The monoisotopic (exact) mass is 383 g/mol. The Hall–Kier alpha value is -2.80. The van der Waals surface area contributed by atoms with Crippen LogP contribution in [0, 0.1) is 20.8 Å². The summed E-state index contributed by atoms with van der Waals surface area (Å²) in [5, 5.41) is 9.04. The molecule has 6 nitrogen and oxygen atoms in total. The highest BCUT2D eigenvalue weighted by molar-refractivity contribution is 7.99. The lowest BCUT2D eigenvalue weighted by atomic mass is 10.1. The number of methoxy groups -OCH3 is 1. The SMILES string of the molecule is COc1ccccc1OC(=O)CSc1nnc(C)n1-c1cc(C)ccc1C. The van der Waals surface area contributed by atoms with Crippen molar-refractivity contribution in [3.63, 3.8) is 0 Å². The molecule has 2 aromatic carbocycles. The number of nitrogens with zero attached hydrogens (tertiary/aromatic N) is 3. The van der Waals surface area contributed by atoms with Crippen molar-refractivity contribution in [3.05, 3.63) is 59.4 Å². The third-order valence-electron chi connectivity index (χ3n) is 4.01.